The van der Waals surface area contributed by atoms with E-state index in [1.165, 1.54) is 70.9 Å². The highest BCUT2D eigenvalue weighted by Gasteiger charge is 2.34. The van der Waals surface area contributed by atoms with Gasteiger partial charge in [0, 0.05) is 12.1 Å². The van der Waals surface area contributed by atoms with Crippen LogP contribution < -0.4 is 10.6 Å². The predicted molar refractivity (Wildman–Crippen MR) is 81.3 cm³/mol. The van der Waals surface area contributed by atoms with E-state index in [-0.39, 0.29) is 0 Å². The molecule has 0 radical (unpaired) electrons. The molecule has 1 heterocycles. The van der Waals surface area contributed by atoms with Gasteiger partial charge in [-0.05, 0) is 69.4 Å². The molecule has 2 aliphatic carbocycles. The Bertz CT molecular complexity index is 264. The Morgan fingerprint density at radius 2 is 1.79 bits per heavy atom. The molecule has 3 fully saturated rings. The summed E-state index contributed by atoms with van der Waals surface area (Å²) in [6.07, 6.45) is 13.0. The molecule has 3 aliphatic rings. The van der Waals surface area contributed by atoms with Gasteiger partial charge < -0.3 is 10.6 Å². The number of hydrogen-bond donors (Lipinski definition) is 2. The van der Waals surface area contributed by atoms with Crippen molar-refractivity contribution in [1.29, 1.82) is 0 Å². The molecule has 3 rings (SSSR count). The fraction of sp³-hybridized carbons (Fsp3) is 1.00. The summed E-state index contributed by atoms with van der Waals surface area (Å²) in [5, 5.41) is 7.69. The summed E-state index contributed by atoms with van der Waals surface area (Å²) < 4.78 is 0. The van der Waals surface area contributed by atoms with Crippen LogP contribution in [0.3, 0.4) is 0 Å². The number of nitrogens with one attached hydrogen (secondary N) is 2. The summed E-state index contributed by atoms with van der Waals surface area (Å²) in [7, 11) is 0. The van der Waals surface area contributed by atoms with Gasteiger partial charge in [0.1, 0.15) is 0 Å². The van der Waals surface area contributed by atoms with Gasteiger partial charge in [-0.25, -0.2) is 0 Å². The second-order valence-corrected chi connectivity index (χ2v) is 7.44. The second kappa shape index (κ2) is 6.58. The highest BCUT2D eigenvalue weighted by Crippen LogP contribution is 2.33. The lowest BCUT2D eigenvalue weighted by atomic mass is 9.82. The Morgan fingerprint density at radius 3 is 2.53 bits per heavy atom. The minimum absolute atomic E-state index is 0.815. The van der Waals surface area contributed by atoms with E-state index in [1.54, 1.807) is 0 Å². The summed E-state index contributed by atoms with van der Waals surface area (Å²) in [6, 6.07) is 1.64. The molecule has 2 heteroatoms. The molecular formula is C17H32N2. The van der Waals surface area contributed by atoms with Crippen LogP contribution in [-0.2, 0) is 0 Å². The molecule has 1 saturated heterocycles. The molecule has 2 nitrogen and oxygen atoms in total. The molecule has 0 aromatic rings. The van der Waals surface area contributed by atoms with Crippen molar-refractivity contribution < 1.29 is 0 Å². The first kappa shape index (κ1) is 13.9. The van der Waals surface area contributed by atoms with E-state index in [9.17, 15) is 0 Å². The third-order valence-electron chi connectivity index (χ3n) is 5.99. The van der Waals surface area contributed by atoms with Crippen LogP contribution in [0.25, 0.3) is 0 Å². The van der Waals surface area contributed by atoms with Crippen molar-refractivity contribution in [2.75, 3.05) is 13.1 Å². The van der Waals surface area contributed by atoms with Crippen LogP contribution in [0.4, 0.5) is 0 Å². The predicted octanol–water partition coefficient (Wildman–Crippen LogP) is 3.32. The Kier molecular flexibility index (Phi) is 4.81. The normalized spacial score (nSPS) is 43.7. The maximum atomic E-state index is 3.95. The molecule has 0 bridgehead atoms. The lowest BCUT2D eigenvalue weighted by Gasteiger charge is -2.31. The van der Waals surface area contributed by atoms with Gasteiger partial charge in [0.25, 0.3) is 0 Å². The largest absolute Gasteiger partial charge is 0.314 e. The molecule has 0 aromatic carbocycles. The van der Waals surface area contributed by atoms with Gasteiger partial charge in [-0.2, -0.15) is 0 Å². The molecule has 0 amide bonds. The molecule has 1 aliphatic heterocycles. The summed E-state index contributed by atoms with van der Waals surface area (Å²) in [5.74, 6) is 2.87. The molecule has 3 unspecified atom stereocenters. The molecule has 110 valence electrons. The van der Waals surface area contributed by atoms with E-state index in [1.807, 2.05) is 0 Å². The van der Waals surface area contributed by atoms with Gasteiger partial charge in [0.05, 0.1) is 0 Å². The Balaban J connectivity index is 1.43. The van der Waals surface area contributed by atoms with Crippen molar-refractivity contribution in [3.8, 4) is 0 Å². The molecule has 0 aromatic heterocycles. The quantitative estimate of drug-likeness (QED) is 0.814. The van der Waals surface area contributed by atoms with Crippen LogP contribution in [0, 0.1) is 17.8 Å². The third kappa shape index (κ3) is 3.52. The smallest absolute Gasteiger partial charge is 0.0111 e. The maximum Gasteiger partial charge on any atom is 0.0111 e. The van der Waals surface area contributed by atoms with Gasteiger partial charge in [0.15, 0.2) is 0 Å². The summed E-state index contributed by atoms with van der Waals surface area (Å²) in [4.78, 5) is 0. The van der Waals surface area contributed by atoms with Crippen LogP contribution in [0.15, 0.2) is 0 Å². The van der Waals surface area contributed by atoms with Gasteiger partial charge >= 0.3 is 0 Å². The first-order chi connectivity index (χ1) is 9.33. The fourth-order valence-electron chi connectivity index (χ4n) is 4.65. The minimum atomic E-state index is 0.815. The van der Waals surface area contributed by atoms with Gasteiger partial charge in [0.2, 0.25) is 0 Å². The van der Waals surface area contributed by atoms with E-state index in [4.69, 9.17) is 0 Å². The Labute approximate surface area is 119 Å². The highest BCUT2D eigenvalue weighted by molar-refractivity contribution is 4.93. The van der Waals surface area contributed by atoms with Crippen molar-refractivity contribution in [3.63, 3.8) is 0 Å². The minimum Gasteiger partial charge on any atom is -0.314 e. The standard InChI is InChI=1S/C17H32N2/c1-13-7-9-14(10-8-13)12-19-17-5-2-4-15(17)16-6-3-11-18-16/h13-19H,2-12H2,1H3. The zero-order valence-electron chi connectivity index (χ0n) is 12.7. The summed E-state index contributed by atoms with van der Waals surface area (Å²) in [5.41, 5.74) is 0. The summed E-state index contributed by atoms with van der Waals surface area (Å²) >= 11 is 0. The maximum absolute atomic E-state index is 3.95. The average Bonchev–Trinajstić information content (AvgIpc) is 3.08. The third-order valence-corrected chi connectivity index (χ3v) is 5.99. The molecule has 3 atom stereocenters. The van der Waals surface area contributed by atoms with Gasteiger partial charge in [-0.15, -0.1) is 0 Å². The van der Waals surface area contributed by atoms with Crippen LogP contribution >= 0.6 is 0 Å². The van der Waals surface area contributed by atoms with Gasteiger partial charge in [-0.1, -0.05) is 26.2 Å². The first-order valence-electron chi connectivity index (χ1n) is 8.79. The van der Waals surface area contributed by atoms with E-state index in [2.05, 4.69) is 17.6 Å². The van der Waals surface area contributed by atoms with E-state index < -0.39 is 0 Å². The fourth-order valence-corrected chi connectivity index (χ4v) is 4.65. The first-order valence-corrected chi connectivity index (χ1v) is 8.79. The van der Waals surface area contributed by atoms with Crippen molar-refractivity contribution in [3.05, 3.63) is 0 Å². The van der Waals surface area contributed by atoms with Crippen molar-refractivity contribution >= 4 is 0 Å². The Morgan fingerprint density at radius 1 is 0.947 bits per heavy atom. The SMILES string of the molecule is CC1CCC(CNC2CCCC2C2CCCN2)CC1. The van der Waals surface area contributed by atoms with E-state index in [0.29, 0.717) is 0 Å². The molecule has 2 N–H and O–H groups in total. The zero-order valence-corrected chi connectivity index (χ0v) is 12.7. The van der Waals surface area contributed by atoms with Crippen molar-refractivity contribution in [2.45, 2.75) is 76.8 Å². The second-order valence-electron chi connectivity index (χ2n) is 7.44. The number of hydrogen-bond acceptors (Lipinski definition) is 2. The Hall–Kier alpha value is -0.0800. The van der Waals surface area contributed by atoms with E-state index in [0.717, 1.165) is 29.8 Å². The van der Waals surface area contributed by atoms with E-state index >= 15 is 0 Å². The van der Waals surface area contributed by atoms with Crippen molar-refractivity contribution in [2.24, 2.45) is 17.8 Å². The molecule has 2 saturated carbocycles. The van der Waals surface area contributed by atoms with Crippen LogP contribution in [-0.4, -0.2) is 25.2 Å². The monoisotopic (exact) mass is 264 g/mol. The highest BCUT2D eigenvalue weighted by atomic mass is 15.0. The zero-order chi connectivity index (χ0) is 13.1. The lowest BCUT2D eigenvalue weighted by Crippen LogP contribution is -2.43. The molecule has 19 heavy (non-hydrogen) atoms. The van der Waals surface area contributed by atoms with Gasteiger partial charge in [-0.3, -0.25) is 0 Å². The average molecular weight is 264 g/mol. The topological polar surface area (TPSA) is 24.1 Å². The lowest BCUT2D eigenvalue weighted by molar-refractivity contribution is 0.253. The van der Waals surface area contributed by atoms with Crippen molar-refractivity contribution in [1.82, 2.24) is 10.6 Å². The molecule has 0 spiro atoms. The van der Waals surface area contributed by atoms with Crippen LogP contribution in [0.1, 0.15) is 64.7 Å². The molecular weight excluding hydrogens is 232 g/mol. The van der Waals surface area contributed by atoms with Crippen LogP contribution in [0.2, 0.25) is 0 Å². The summed E-state index contributed by atoms with van der Waals surface area (Å²) in [6.45, 7) is 4.97. The van der Waals surface area contributed by atoms with Crippen LogP contribution in [0.5, 0.6) is 0 Å². The number of rotatable bonds is 4.